The van der Waals surface area contributed by atoms with Gasteiger partial charge in [0.1, 0.15) is 0 Å². The van der Waals surface area contributed by atoms with E-state index in [0.717, 1.165) is 50.9 Å². The van der Waals surface area contributed by atoms with Crippen LogP contribution in [-0.2, 0) is 25.5 Å². The number of carbonyl (C=O) groups excluding carboxylic acids is 3. The zero-order valence-corrected chi connectivity index (χ0v) is 17.8. The molecule has 6 heteroatoms. The Morgan fingerprint density at radius 1 is 0.967 bits per heavy atom. The van der Waals surface area contributed by atoms with Crippen molar-refractivity contribution in [2.75, 3.05) is 31.1 Å². The molecule has 0 radical (unpaired) electrons. The van der Waals surface area contributed by atoms with Crippen LogP contribution in [0, 0.1) is 17.8 Å². The zero-order chi connectivity index (χ0) is 21.1. The third-order valence-corrected chi connectivity index (χ3v) is 7.01. The number of para-hydroxylation sites is 1. The first-order valence-corrected chi connectivity index (χ1v) is 11.4. The molecule has 6 nitrogen and oxygen atoms in total. The summed E-state index contributed by atoms with van der Waals surface area (Å²) >= 11 is 0. The second-order valence-electron chi connectivity index (χ2n) is 9.04. The second-order valence-corrected chi connectivity index (χ2v) is 9.04. The fourth-order valence-electron chi connectivity index (χ4n) is 5.07. The van der Waals surface area contributed by atoms with Crippen LogP contribution in [0.25, 0.3) is 0 Å². The Labute approximate surface area is 178 Å². The summed E-state index contributed by atoms with van der Waals surface area (Å²) in [6.07, 6.45) is 6.06. The molecule has 2 atom stereocenters. The average Bonchev–Trinajstić information content (AvgIpc) is 3.21. The second kappa shape index (κ2) is 9.19. The number of amides is 2. The number of carbonyl (C=O) groups is 3. The maximum Gasteiger partial charge on any atom is 0.310 e. The van der Waals surface area contributed by atoms with Crippen LogP contribution in [0.1, 0.15) is 51.0 Å². The molecule has 1 saturated heterocycles. The van der Waals surface area contributed by atoms with E-state index in [2.05, 4.69) is 13.0 Å². The summed E-state index contributed by atoms with van der Waals surface area (Å²) in [4.78, 5) is 42.2. The Bertz CT molecular complexity index is 800. The molecule has 0 aromatic heterocycles. The number of esters is 1. The molecule has 1 aromatic carbocycles. The molecule has 3 aliphatic rings. The molecular formula is C24H32N2O4. The van der Waals surface area contributed by atoms with Crippen molar-refractivity contribution in [3.63, 3.8) is 0 Å². The highest BCUT2D eigenvalue weighted by molar-refractivity contribution is 5.99. The van der Waals surface area contributed by atoms with Crippen molar-refractivity contribution >= 4 is 23.5 Å². The molecule has 0 N–H and O–H groups in total. The third-order valence-electron chi connectivity index (χ3n) is 7.01. The molecule has 1 aromatic rings. The van der Waals surface area contributed by atoms with Gasteiger partial charge < -0.3 is 14.5 Å². The summed E-state index contributed by atoms with van der Waals surface area (Å²) in [5, 5.41) is 0. The molecule has 0 bridgehead atoms. The fraction of sp³-hybridized carbons (Fsp3) is 0.625. The van der Waals surface area contributed by atoms with Gasteiger partial charge in [0.15, 0.2) is 6.61 Å². The molecule has 1 aliphatic carbocycles. The standard InChI is InChI=1S/C24H32N2O4/c1-17-10-13-25(14-11-17)22(27)16-30-24(29)20-8-4-3-7-19(20)23(28)26-15-12-18-6-2-5-9-21(18)26/h2,5-6,9,17,19-20H,3-4,7-8,10-16H2,1H3. The Morgan fingerprint density at radius 2 is 1.67 bits per heavy atom. The smallest absolute Gasteiger partial charge is 0.310 e. The maximum atomic E-state index is 13.3. The number of likely N-dealkylation sites (tertiary alicyclic amines) is 1. The molecular weight excluding hydrogens is 380 g/mol. The number of hydrogen-bond acceptors (Lipinski definition) is 4. The van der Waals surface area contributed by atoms with E-state index in [1.165, 1.54) is 5.56 Å². The largest absolute Gasteiger partial charge is 0.455 e. The van der Waals surface area contributed by atoms with Gasteiger partial charge >= 0.3 is 5.97 Å². The molecule has 2 unspecified atom stereocenters. The Balaban J connectivity index is 1.37. The van der Waals surface area contributed by atoms with Gasteiger partial charge in [0.05, 0.1) is 11.8 Å². The highest BCUT2D eigenvalue weighted by atomic mass is 16.5. The number of rotatable bonds is 4. The summed E-state index contributed by atoms with van der Waals surface area (Å²) in [5.41, 5.74) is 2.15. The molecule has 162 valence electrons. The number of anilines is 1. The van der Waals surface area contributed by atoms with Crippen LogP contribution in [0.4, 0.5) is 5.69 Å². The normalized spacial score (nSPS) is 24.4. The van der Waals surface area contributed by atoms with Crippen LogP contribution in [0.3, 0.4) is 0 Å². The van der Waals surface area contributed by atoms with Gasteiger partial charge in [-0.1, -0.05) is 38.0 Å². The minimum absolute atomic E-state index is 0.0259. The topological polar surface area (TPSA) is 66.9 Å². The van der Waals surface area contributed by atoms with Gasteiger partial charge in [0.25, 0.3) is 5.91 Å². The predicted octanol–water partition coefficient (Wildman–Crippen LogP) is 3.18. The Morgan fingerprint density at radius 3 is 2.43 bits per heavy atom. The van der Waals surface area contributed by atoms with Crippen LogP contribution in [0.5, 0.6) is 0 Å². The van der Waals surface area contributed by atoms with Crippen molar-refractivity contribution in [3.8, 4) is 0 Å². The lowest BCUT2D eigenvalue weighted by molar-refractivity contribution is -0.159. The van der Waals surface area contributed by atoms with Gasteiger partial charge in [-0.3, -0.25) is 14.4 Å². The van der Waals surface area contributed by atoms with Crippen molar-refractivity contribution in [1.29, 1.82) is 0 Å². The number of benzene rings is 1. The number of piperidine rings is 1. The highest BCUT2D eigenvalue weighted by Crippen LogP contribution is 2.36. The molecule has 1 saturated carbocycles. The van der Waals surface area contributed by atoms with Crippen molar-refractivity contribution in [2.45, 2.75) is 51.9 Å². The van der Waals surface area contributed by atoms with Crippen molar-refractivity contribution in [2.24, 2.45) is 17.8 Å². The van der Waals surface area contributed by atoms with Crippen LogP contribution in [-0.4, -0.2) is 48.9 Å². The van der Waals surface area contributed by atoms with Gasteiger partial charge in [-0.25, -0.2) is 0 Å². The van der Waals surface area contributed by atoms with E-state index in [9.17, 15) is 14.4 Å². The lowest BCUT2D eigenvalue weighted by atomic mass is 9.78. The van der Waals surface area contributed by atoms with Gasteiger partial charge in [-0.2, -0.15) is 0 Å². The zero-order valence-electron chi connectivity index (χ0n) is 17.8. The minimum Gasteiger partial charge on any atom is -0.455 e. The Hall–Kier alpha value is -2.37. The van der Waals surface area contributed by atoms with Gasteiger partial charge in [-0.15, -0.1) is 0 Å². The minimum atomic E-state index is -0.451. The van der Waals surface area contributed by atoms with Crippen molar-refractivity contribution < 1.29 is 19.1 Å². The van der Waals surface area contributed by atoms with E-state index in [1.54, 1.807) is 4.90 Å². The molecule has 2 fully saturated rings. The summed E-state index contributed by atoms with van der Waals surface area (Å²) in [5.74, 6) is -0.655. The monoisotopic (exact) mass is 412 g/mol. The predicted molar refractivity (Wildman–Crippen MR) is 114 cm³/mol. The Kier molecular flexibility index (Phi) is 6.40. The molecule has 30 heavy (non-hydrogen) atoms. The van der Waals surface area contributed by atoms with Gasteiger partial charge in [0.2, 0.25) is 5.91 Å². The summed E-state index contributed by atoms with van der Waals surface area (Å²) in [6, 6.07) is 7.98. The van der Waals surface area contributed by atoms with Crippen molar-refractivity contribution in [3.05, 3.63) is 29.8 Å². The number of hydrogen-bond donors (Lipinski definition) is 0. The number of ether oxygens (including phenoxy) is 1. The lowest BCUT2D eigenvalue weighted by Crippen LogP contribution is -2.44. The quantitative estimate of drug-likeness (QED) is 0.713. The molecule has 2 amide bonds. The molecule has 2 aliphatic heterocycles. The molecule has 4 rings (SSSR count). The number of nitrogens with zero attached hydrogens (tertiary/aromatic N) is 2. The highest BCUT2D eigenvalue weighted by Gasteiger charge is 2.40. The van der Waals surface area contributed by atoms with Crippen LogP contribution in [0.2, 0.25) is 0 Å². The third kappa shape index (κ3) is 4.37. The van der Waals surface area contributed by atoms with Crippen LogP contribution >= 0.6 is 0 Å². The van der Waals surface area contributed by atoms with Gasteiger partial charge in [-0.05, 0) is 49.7 Å². The van der Waals surface area contributed by atoms with E-state index >= 15 is 0 Å². The van der Waals surface area contributed by atoms with E-state index in [4.69, 9.17) is 4.74 Å². The first-order chi connectivity index (χ1) is 14.5. The van der Waals surface area contributed by atoms with Crippen LogP contribution in [0.15, 0.2) is 24.3 Å². The van der Waals surface area contributed by atoms with Gasteiger partial charge in [0, 0.05) is 25.3 Å². The fourth-order valence-corrected chi connectivity index (χ4v) is 5.07. The molecule has 2 heterocycles. The summed E-state index contributed by atoms with van der Waals surface area (Å²) in [7, 11) is 0. The first-order valence-electron chi connectivity index (χ1n) is 11.4. The SMILES string of the molecule is CC1CCN(C(=O)COC(=O)C2CCCCC2C(=O)N2CCc3ccccc32)CC1. The van der Waals surface area contributed by atoms with Crippen LogP contribution < -0.4 is 4.90 Å². The average molecular weight is 413 g/mol. The van der Waals surface area contributed by atoms with E-state index < -0.39 is 5.92 Å². The maximum absolute atomic E-state index is 13.3. The van der Waals surface area contributed by atoms with Crippen molar-refractivity contribution in [1.82, 2.24) is 4.90 Å². The summed E-state index contributed by atoms with van der Waals surface area (Å²) in [6.45, 7) is 4.12. The summed E-state index contributed by atoms with van der Waals surface area (Å²) < 4.78 is 5.44. The van der Waals surface area contributed by atoms with E-state index in [-0.39, 0.29) is 30.3 Å². The van der Waals surface area contributed by atoms with E-state index in [1.807, 2.05) is 23.1 Å². The number of fused-ring (bicyclic) bond motifs is 1. The molecule has 0 spiro atoms. The van der Waals surface area contributed by atoms with E-state index in [0.29, 0.717) is 25.3 Å². The lowest BCUT2D eigenvalue weighted by Gasteiger charge is -2.33. The first kappa shape index (κ1) is 20.9.